The molecule has 1 aromatic carbocycles. The quantitative estimate of drug-likeness (QED) is 0.296. The number of benzene rings is 1. The molecule has 3 aromatic heterocycles. The van der Waals surface area contributed by atoms with Gasteiger partial charge < -0.3 is 25.1 Å². The number of rotatable bonds is 9. The maximum Gasteiger partial charge on any atom is 0.229 e. The van der Waals surface area contributed by atoms with E-state index in [9.17, 15) is 4.79 Å². The second kappa shape index (κ2) is 9.56. The number of fused-ring (bicyclic) bond motifs is 1. The van der Waals surface area contributed by atoms with Crippen LogP contribution in [0.4, 0.5) is 11.6 Å². The molecule has 1 unspecified atom stereocenters. The number of hydrogen-bond acceptors (Lipinski definition) is 7. The van der Waals surface area contributed by atoms with Crippen molar-refractivity contribution in [3.63, 3.8) is 0 Å². The lowest BCUT2D eigenvalue weighted by Crippen LogP contribution is -2.50. The maximum absolute atomic E-state index is 12.8. The zero-order chi connectivity index (χ0) is 25.6. The first-order valence-electron chi connectivity index (χ1n) is 13.1. The molecule has 9 nitrogen and oxygen atoms in total. The van der Waals surface area contributed by atoms with Crippen LogP contribution in [0, 0.1) is 5.92 Å². The molecule has 0 bridgehead atoms. The van der Waals surface area contributed by atoms with E-state index in [0.29, 0.717) is 29.1 Å². The maximum atomic E-state index is 12.8. The van der Waals surface area contributed by atoms with Gasteiger partial charge in [-0.25, -0.2) is 15.0 Å². The zero-order valence-electron chi connectivity index (χ0n) is 20.7. The van der Waals surface area contributed by atoms with Gasteiger partial charge in [-0.05, 0) is 60.4 Å². The molecule has 1 amide bonds. The molecule has 0 spiro atoms. The minimum atomic E-state index is -0.0783. The monoisotopic (exact) mass is 529 g/mol. The van der Waals surface area contributed by atoms with Crippen LogP contribution in [0.5, 0.6) is 5.75 Å². The van der Waals surface area contributed by atoms with Crippen LogP contribution in [0.2, 0.25) is 5.02 Å². The number of imidazole rings is 1. The molecule has 3 fully saturated rings. The minimum Gasteiger partial charge on any atom is -0.484 e. The Morgan fingerprint density at radius 3 is 2.76 bits per heavy atom. The topological polar surface area (TPSA) is 105 Å². The van der Waals surface area contributed by atoms with Crippen LogP contribution >= 0.6 is 11.6 Å². The molecular formula is C28H28ClN7O2. The molecule has 2 atom stereocenters. The predicted molar refractivity (Wildman–Crippen MR) is 145 cm³/mol. The average Bonchev–Trinajstić information content (AvgIpc) is 3.81. The lowest BCUT2D eigenvalue weighted by Gasteiger charge is -2.28. The molecule has 10 heteroatoms. The van der Waals surface area contributed by atoms with Crippen LogP contribution in [0.3, 0.4) is 0 Å². The van der Waals surface area contributed by atoms with Crippen molar-refractivity contribution in [1.29, 1.82) is 0 Å². The van der Waals surface area contributed by atoms with Gasteiger partial charge in [0.2, 0.25) is 5.91 Å². The van der Waals surface area contributed by atoms with E-state index in [1.54, 1.807) is 6.07 Å². The number of nitrogens with one attached hydrogen (secondary N) is 3. The number of amides is 1. The van der Waals surface area contributed by atoms with E-state index in [1.807, 2.05) is 30.5 Å². The summed E-state index contributed by atoms with van der Waals surface area (Å²) in [6.45, 7) is 2.21. The highest BCUT2D eigenvalue weighted by Crippen LogP contribution is 2.48. The van der Waals surface area contributed by atoms with Crippen molar-refractivity contribution in [2.24, 2.45) is 5.92 Å². The molecule has 3 aliphatic rings. The summed E-state index contributed by atoms with van der Waals surface area (Å²) in [5.41, 5.74) is 4.10. The number of carbonyl (C=O) groups is 1. The summed E-state index contributed by atoms with van der Waals surface area (Å²) in [6, 6.07) is 11.6. The molecule has 194 valence electrons. The van der Waals surface area contributed by atoms with Gasteiger partial charge in [0.1, 0.15) is 24.1 Å². The fourth-order valence-corrected chi connectivity index (χ4v) is 5.19. The lowest BCUT2D eigenvalue weighted by atomic mass is 10.1. The Balaban J connectivity index is 1.01. The highest BCUT2D eigenvalue weighted by atomic mass is 35.5. The highest BCUT2D eigenvalue weighted by Gasteiger charge is 2.44. The standard InChI is InChI=1S/C28H28ClN7O2/c29-19-3-1-2-17(6-19)22-8-23(22)28(37)35-26-9-25(32-15-33-26)31-10-20-14-36-13-18(16-4-5-16)7-24(27(36)34-20)38-21-11-30-12-21/h1-3,6-7,9,13-16,21-23,30H,4-5,8,10-12H2,(H2,31,32,33,35,37)/t22?,23-/m0/s1. The van der Waals surface area contributed by atoms with Gasteiger partial charge in [0.05, 0.1) is 12.2 Å². The summed E-state index contributed by atoms with van der Waals surface area (Å²) in [5, 5.41) is 10.2. The van der Waals surface area contributed by atoms with Crippen molar-refractivity contribution in [1.82, 2.24) is 24.7 Å². The molecular weight excluding hydrogens is 502 g/mol. The number of anilines is 2. The lowest BCUT2D eigenvalue weighted by molar-refractivity contribution is -0.117. The Morgan fingerprint density at radius 1 is 1.11 bits per heavy atom. The third kappa shape index (κ3) is 4.91. The number of aromatic nitrogens is 4. The normalized spacial score (nSPS) is 20.7. The van der Waals surface area contributed by atoms with E-state index < -0.39 is 0 Å². The third-order valence-electron chi connectivity index (χ3n) is 7.45. The summed E-state index contributed by atoms with van der Waals surface area (Å²) >= 11 is 6.11. The molecule has 1 saturated heterocycles. The zero-order valence-corrected chi connectivity index (χ0v) is 21.5. The van der Waals surface area contributed by atoms with Gasteiger partial charge in [-0.1, -0.05) is 23.7 Å². The average molecular weight is 530 g/mol. The third-order valence-corrected chi connectivity index (χ3v) is 7.68. The fourth-order valence-electron chi connectivity index (χ4n) is 4.99. The van der Waals surface area contributed by atoms with Gasteiger partial charge in [-0.3, -0.25) is 4.79 Å². The van der Waals surface area contributed by atoms with E-state index >= 15 is 0 Å². The molecule has 1 aliphatic heterocycles. The Labute approximate surface area is 225 Å². The largest absolute Gasteiger partial charge is 0.484 e. The van der Waals surface area contributed by atoms with Crippen molar-refractivity contribution in [3.05, 3.63) is 77.0 Å². The summed E-state index contributed by atoms with van der Waals surface area (Å²) in [7, 11) is 0. The molecule has 2 aliphatic carbocycles. The molecule has 4 heterocycles. The Hall–Kier alpha value is -3.69. The van der Waals surface area contributed by atoms with Gasteiger partial charge in [0.25, 0.3) is 0 Å². The molecule has 0 radical (unpaired) electrons. The van der Waals surface area contributed by atoms with E-state index in [2.05, 4.69) is 42.6 Å². The van der Waals surface area contributed by atoms with E-state index in [4.69, 9.17) is 21.3 Å². The second-order valence-electron chi connectivity index (χ2n) is 10.4. The Morgan fingerprint density at radius 2 is 1.97 bits per heavy atom. The van der Waals surface area contributed by atoms with E-state index in [0.717, 1.165) is 42.2 Å². The van der Waals surface area contributed by atoms with Gasteiger partial charge in [-0.2, -0.15) is 0 Å². The second-order valence-corrected chi connectivity index (χ2v) is 10.8. The van der Waals surface area contributed by atoms with Crippen molar-refractivity contribution in [2.45, 2.75) is 43.7 Å². The first-order valence-corrected chi connectivity index (χ1v) is 13.5. The van der Waals surface area contributed by atoms with Crippen molar-refractivity contribution in [3.8, 4) is 5.75 Å². The molecule has 3 N–H and O–H groups in total. The SMILES string of the molecule is O=C(Nc1cc(NCc2cn3cc(C4CC4)cc(OC4CNC4)c3n2)ncn1)[C@H]1CC1c1cccc(Cl)c1. The van der Waals surface area contributed by atoms with Gasteiger partial charge in [-0.15, -0.1) is 0 Å². The van der Waals surface area contributed by atoms with Crippen LogP contribution < -0.4 is 20.7 Å². The van der Waals surface area contributed by atoms with Crippen LogP contribution in [0.1, 0.15) is 47.9 Å². The summed E-state index contributed by atoms with van der Waals surface area (Å²) < 4.78 is 8.32. The minimum absolute atomic E-state index is 0.0411. The molecule has 2 saturated carbocycles. The van der Waals surface area contributed by atoms with Crippen molar-refractivity contribution in [2.75, 3.05) is 23.7 Å². The van der Waals surface area contributed by atoms with E-state index in [-0.39, 0.29) is 23.8 Å². The summed E-state index contributed by atoms with van der Waals surface area (Å²) in [5.74, 6) is 2.62. The molecule has 38 heavy (non-hydrogen) atoms. The predicted octanol–water partition coefficient (Wildman–Crippen LogP) is 4.36. The summed E-state index contributed by atoms with van der Waals surface area (Å²) in [4.78, 5) is 26.2. The Bertz CT molecular complexity index is 1510. The van der Waals surface area contributed by atoms with E-state index in [1.165, 1.54) is 24.7 Å². The first kappa shape index (κ1) is 23.4. The molecule has 4 aromatic rings. The van der Waals surface area contributed by atoms with Gasteiger partial charge >= 0.3 is 0 Å². The smallest absolute Gasteiger partial charge is 0.229 e. The van der Waals surface area contributed by atoms with Gasteiger partial charge in [0.15, 0.2) is 11.4 Å². The first-order chi connectivity index (χ1) is 18.6. The number of carbonyl (C=O) groups excluding carboxylic acids is 1. The Kier molecular flexibility index (Phi) is 5.89. The number of pyridine rings is 1. The van der Waals surface area contributed by atoms with Gasteiger partial charge in [0, 0.05) is 42.5 Å². The van der Waals surface area contributed by atoms with Crippen molar-refractivity contribution < 1.29 is 9.53 Å². The number of nitrogens with zero attached hydrogens (tertiary/aromatic N) is 4. The van der Waals surface area contributed by atoms with Crippen LogP contribution in [-0.2, 0) is 11.3 Å². The van der Waals surface area contributed by atoms with Crippen molar-refractivity contribution >= 4 is 34.8 Å². The number of hydrogen-bond donors (Lipinski definition) is 3. The summed E-state index contributed by atoms with van der Waals surface area (Å²) in [6.07, 6.45) is 9.11. The fraction of sp³-hybridized carbons (Fsp3) is 0.357. The van der Waals surface area contributed by atoms with Crippen LogP contribution in [0.15, 0.2) is 55.1 Å². The highest BCUT2D eigenvalue weighted by molar-refractivity contribution is 6.30. The number of ether oxygens (including phenoxy) is 1. The number of halogens is 1. The van der Waals surface area contributed by atoms with Crippen LogP contribution in [0.25, 0.3) is 5.65 Å². The van der Waals surface area contributed by atoms with Crippen LogP contribution in [-0.4, -0.2) is 44.5 Å². The molecule has 7 rings (SSSR count).